The monoisotopic (exact) mass is 396 g/mol. The largest absolute Gasteiger partial charge is 0.368 e. The molecule has 1 saturated heterocycles. The maximum Gasteiger partial charge on any atom is 0.184 e. The summed E-state index contributed by atoms with van der Waals surface area (Å²) in [4.78, 5) is 0. The maximum atomic E-state index is 10.6. The summed E-state index contributed by atoms with van der Waals surface area (Å²) in [6.07, 6.45) is 5.53. The van der Waals surface area contributed by atoms with Gasteiger partial charge in [0.15, 0.2) is 6.29 Å². The third-order valence-electron chi connectivity index (χ3n) is 6.15. The van der Waals surface area contributed by atoms with Gasteiger partial charge in [0.05, 0.1) is 19.3 Å². The Balaban J connectivity index is 1.43. The fraction of sp³-hybridized carbons (Fsp3) is 0.520. The number of rotatable bonds is 8. The molecule has 2 fully saturated rings. The summed E-state index contributed by atoms with van der Waals surface area (Å²) in [5.41, 5.74) is 2.20. The summed E-state index contributed by atoms with van der Waals surface area (Å²) >= 11 is 0. The zero-order valence-corrected chi connectivity index (χ0v) is 17.0. The van der Waals surface area contributed by atoms with Crippen LogP contribution in [0.4, 0.5) is 0 Å². The van der Waals surface area contributed by atoms with Gasteiger partial charge < -0.3 is 19.3 Å². The van der Waals surface area contributed by atoms with Crippen LogP contribution in [-0.2, 0) is 27.4 Å². The number of aliphatic hydroxyl groups is 1. The first-order chi connectivity index (χ1) is 14.3. The SMILES string of the molecule is O[C@H]1O[C@H](CC2CCCCC2)[C@@H](OCc2ccccc2)[C@H]1OCc1ccccc1. The van der Waals surface area contributed by atoms with E-state index in [9.17, 15) is 5.11 Å². The highest BCUT2D eigenvalue weighted by molar-refractivity contribution is 5.14. The first-order valence-corrected chi connectivity index (χ1v) is 10.9. The number of hydrogen-bond donors (Lipinski definition) is 1. The smallest absolute Gasteiger partial charge is 0.184 e. The van der Waals surface area contributed by atoms with Crippen molar-refractivity contribution in [1.82, 2.24) is 0 Å². The molecule has 0 amide bonds. The van der Waals surface area contributed by atoms with Crippen LogP contribution in [0.2, 0.25) is 0 Å². The molecule has 2 aromatic carbocycles. The first kappa shape index (κ1) is 20.5. The van der Waals surface area contributed by atoms with Crippen molar-refractivity contribution < 1.29 is 19.3 Å². The van der Waals surface area contributed by atoms with Crippen molar-refractivity contribution in [2.45, 2.75) is 76.3 Å². The average molecular weight is 397 g/mol. The Kier molecular flexibility index (Phi) is 7.33. The highest BCUT2D eigenvalue weighted by Gasteiger charge is 2.46. The molecule has 156 valence electrons. The second-order valence-corrected chi connectivity index (χ2v) is 8.33. The summed E-state index contributed by atoms with van der Waals surface area (Å²) in [6, 6.07) is 20.2. The van der Waals surface area contributed by atoms with Crippen molar-refractivity contribution in [3.05, 3.63) is 71.8 Å². The average Bonchev–Trinajstić information content (AvgIpc) is 3.06. The standard InChI is InChI=1S/C25H32O4/c26-25-24(28-18-21-14-8-3-9-15-21)23(27-17-20-12-6-2-7-13-20)22(29-25)16-19-10-4-1-5-11-19/h2-3,6-9,12-15,19,22-26H,1,4-5,10-11,16-18H2/t22-,23-,24-,25+/m1/s1. The number of hydrogen-bond acceptors (Lipinski definition) is 4. The van der Waals surface area contributed by atoms with Crippen LogP contribution in [0.5, 0.6) is 0 Å². The summed E-state index contributed by atoms with van der Waals surface area (Å²) < 4.78 is 18.4. The molecule has 4 rings (SSSR count). The molecular formula is C25H32O4. The maximum absolute atomic E-state index is 10.6. The Hall–Kier alpha value is -1.72. The van der Waals surface area contributed by atoms with Gasteiger partial charge in [0.1, 0.15) is 12.2 Å². The van der Waals surface area contributed by atoms with Crippen LogP contribution in [0.1, 0.15) is 49.7 Å². The van der Waals surface area contributed by atoms with Crippen LogP contribution in [-0.4, -0.2) is 29.7 Å². The van der Waals surface area contributed by atoms with E-state index in [1.165, 1.54) is 32.1 Å². The molecule has 2 aromatic rings. The minimum Gasteiger partial charge on any atom is -0.368 e. The van der Waals surface area contributed by atoms with Gasteiger partial charge in [0.2, 0.25) is 0 Å². The van der Waals surface area contributed by atoms with Gasteiger partial charge in [-0.2, -0.15) is 0 Å². The van der Waals surface area contributed by atoms with Crippen molar-refractivity contribution in [3.8, 4) is 0 Å². The second-order valence-electron chi connectivity index (χ2n) is 8.33. The molecule has 1 heterocycles. The lowest BCUT2D eigenvalue weighted by atomic mass is 9.84. The van der Waals surface area contributed by atoms with Crippen molar-refractivity contribution in [1.29, 1.82) is 0 Å². The molecule has 0 aromatic heterocycles. The molecule has 4 heteroatoms. The van der Waals surface area contributed by atoms with Crippen LogP contribution >= 0.6 is 0 Å². The quantitative estimate of drug-likeness (QED) is 0.693. The minimum atomic E-state index is -0.951. The lowest BCUT2D eigenvalue weighted by Gasteiger charge is -2.28. The minimum absolute atomic E-state index is 0.127. The molecule has 4 atom stereocenters. The summed E-state index contributed by atoms with van der Waals surface area (Å²) in [7, 11) is 0. The van der Waals surface area contributed by atoms with Crippen LogP contribution in [0.25, 0.3) is 0 Å². The summed E-state index contributed by atoms with van der Waals surface area (Å²) in [6.45, 7) is 0.932. The van der Waals surface area contributed by atoms with E-state index >= 15 is 0 Å². The molecule has 2 aliphatic rings. The van der Waals surface area contributed by atoms with E-state index in [4.69, 9.17) is 14.2 Å². The Labute approximate surface area is 173 Å². The highest BCUT2D eigenvalue weighted by Crippen LogP contribution is 2.35. The molecule has 1 N–H and O–H groups in total. The van der Waals surface area contributed by atoms with Crippen molar-refractivity contribution in [3.63, 3.8) is 0 Å². The number of aliphatic hydroxyl groups excluding tert-OH is 1. The van der Waals surface area contributed by atoms with E-state index in [1.54, 1.807) is 0 Å². The lowest BCUT2D eigenvalue weighted by molar-refractivity contribution is -0.150. The van der Waals surface area contributed by atoms with Gasteiger partial charge in [-0.05, 0) is 23.5 Å². The van der Waals surface area contributed by atoms with E-state index in [0.29, 0.717) is 19.1 Å². The molecule has 1 aliphatic carbocycles. The molecule has 0 unspecified atom stereocenters. The van der Waals surface area contributed by atoms with E-state index in [2.05, 4.69) is 12.1 Å². The Morgan fingerprint density at radius 3 is 1.90 bits per heavy atom. The Morgan fingerprint density at radius 2 is 1.31 bits per heavy atom. The number of benzene rings is 2. The molecule has 0 radical (unpaired) electrons. The van der Waals surface area contributed by atoms with Crippen molar-refractivity contribution in [2.24, 2.45) is 5.92 Å². The predicted octanol–water partition coefficient (Wildman–Crippen LogP) is 4.84. The van der Waals surface area contributed by atoms with E-state index in [1.807, 2.05) is 48.5 Å². The molecule has 4 nitrogen and oxygen atoms in total. The van der Waals surface area contributed by atoms with Crippen LogP contribution in [0, 0.1) is 5.92 Å². The fourth-order valence-corrected chi connectivity index (χ4v) is 4.56. The van der Waals surface area contributed by atoms with Gasteiger partial charge in [0, 0.05) is 0 Å². The molecule has 29 heavy (non-hydrogen) atoms. The fourth-order valence-electron chi connectivity index (χ4n) is 4.56. The Bertz CT molecular complexity index is 714. The van der Waals surface area contributed by atoms with E-state index < -0.39 is 12.4 Å². The van der Waals surface area contributed by atoms with Crippen LogP contribution in [0.15, 0.2) is 60.7 Å². The summed E-state index contributed by atoms with van der Waals surface area (Å²) in [5, 5.41) is 10.6. The normalized spacial score (nSPS) is 27.9. The van der Waals surface area contributed by atoms with Crippen molar-refractivity contribution in [2.75, 3.05) is 0 Å². The molecule has 0 spiro atoms. The predicted molar refractivity (Wildman–Crippen MR) is 112 cm³/mol. The van der Waals surface area contributed by atoms with E-state index in [-0.39, 0.29) is 12.2 Å². The lowest BCUT2D eigenvalue weighted by Crippen LogP contribution is -2.38. The van der Waals surface area contributed by atoms with E-state index in [0.717, 1.165) is 17.5 Å². The second kappa shape index (κ2) is 10.4. The van der Waals surface area contributed by atoms with Crippen LogP contribution < -0.4 is 0 Å². The van der Waals surface area contributed by atoms with Gasteiger partial charge in [-0.3, -0.25) is 0 Å². The molecule has 1 aliphatic heterocycles. The zero-order valence-electron chi connectivity index (χ0n) is 17.0. The molecular weight excluding hydrogens is 364 g/mol. The number of ether oxygens (including phenoxy) is 3. The van der Waals surface area contributed by atoms with Gasteiger partial charge in [-0.15, -0.1) is 0 Å². The summed E-state index contributed by atoms with van der Waals surface area (Å²) in [5.74, 6) is 0.650. The first-order valence-electron chi connectivity index (χ1n) is 10.9. The third-order valence-corrected chi connectivity index (χ3v) is 6.15. The topological polar surface area (TPSA) is 47.9 Å². The van der Waals surface area contributed by atoms with Gasteiger partial charge in [-0.1, -0.05) is 92.8 Å². The third kappa shape index (κ3) is 5.67. The van der Waals surface area contributed by atoms with Crippen molar-refractivity contribution >= 4 is 0 Å². The molecule has 1 saturated carbocycles. The molecule has 0 bridgehead atoms. The van der Waals surface area contributed by atoms with Crippen LogP contribution in [0.3, 0.4) is 0 Å². The zero-order chi connectivity index (χ0) is 19.9. The van der Waals surface area contributed by atoms with Gasteiger partial charge in [0.25, 0.3) is 0 Å². The van der Waals surface area contributed by atoms with Gasteiger partial charge >= 0.3 is 0 Å². The Morgan fingerprint density at radius 1 is 0.759 bits per heavy atom. The van der Waals surface area contributed by atoms with Gasteiger partial charge in [-0.25, -0.2) is 0 Å². The highest BCUT2D eigenvalue weighted by atomic mass is 16.7.